The summed E-state index contributed by atoms with van der Waals surface area (Å²) in [6.07, 6.45) is 4.49. The second kappa shape index (κ2) is 6.59. The maximum atomic E-state index is 13.5. The Morgan fingerprint density at radius 2 is 1.64 bits per heavy atom. The van der Waals surface area contributed by atoms with Crippen LogP contribution in [0.4, 0.5) is 5.69 Å². The molecule has 2 aliphatic carbocycles. The summed E-state index contributed by atoms with van der Waals surface area (Å²) in [4.78, 5) is 40.9. The van der Waals surface area contributed by atoms with E-state index in [2.05, 4.69) is 18.2 Å². The maximum Gasteiger partial charge on any atom is 0.254 e. The Labute approximate surface area is 163 Å². The summed E-state index contributed by atoms with van der Waals surface area (Å²) in [6, 6.07) is 15.7. The highest BCUT2D eigenvalue weighted by Crippen LogP contribution is 2.42. The molecule has 2 aromatic carbocycles. The molecule has 0 radical (unpaired) electrons. The molecule has 0 bridgehead atoms. The lowest BCUT2D eigenvalue weighted by Gasteiger charge is -2.30. The van der Waals surface area contributed by atoms with Crippen LogP contribution in [0.25, 0.3) is 0 Å². The molecular weight excluding hydrogens is 352 g/mol. The minimum atomic E-state index is -0.196. The van der Waals surface area contributed by atoms with Crippen LogP contribution in [0, 0.1) is 0 Å². The first-order chi connectivity index (χ1) is 13.6. The highest BCUT2D eigenvalue weighted by molar-refractivity contribution is 6.20. The van der Waals surface area contributed by atoms with Gasteiger partial charge in [-0.05, 0) is 55.0 Å². The summed E-state index contributed by atoms with van der Waals surface area (Å²) in [7, 11) is 0. The number of fused-ring (bicyclic) bond motifs is 1. The zero-order chi connectivity index (χ0) is 19.3. The van der Waals surface area contributed by atoms with E-state index >= 15 is 0 Å². The van der Waals surface area contributed by atoms with E-state index in [0.717, 1.165) is 25.7 Å². The van der Waals surface area contributed by atoms with Gasteiger partial charge in [-0.15, -0.1) is 0 Å². The van der Waals surface area contributed by atoms with Crippen LogP contribution in [0.15, 0.2) is 48.5 Å². The molecule has 1 heterocycles. The number of nitrogens with zero attached hydrogens (tertiary/aromatic N) is 2. The van der Waals surface area contributed by atoms with Crippen molar-refractivity contribution < 1.29 is 14.4 Å². The van der Waals surface area contributed by atoms with Gasteiger partial charge in [0.15, 0.2) is 0 Å². The van der Waals surface area contributed by atoms with Crippen LogP contribution in [0.2, 0.25) is 0 Å². The van der Waals surface area contributed by atoms with Crippen molar-refractivity contribution in [3.63, 3.8) is 0 Å². The minimum absolute atomic E-state index is 0.00912. The average molecular weight is 374 g/mol. The fraction of sp³-hybridized carbons (Fsp3) is 0.348. The summed E-state index contributed by atoms with van der Waals surface area (Å²) in [5, 5.41) is 0. The molecule has 1 unspecified atom stereocenters. The Balaban J connectivity index is 1.47. The molecule has 3 aliphatic rings. The standard InChI is InChI=1S/C23H22N2O3/c26-21-12-13-22(27)25(21)18-6-3-5-16(14-18)23(28)24(17-9-10-17)20-11-8-15-4-1-2-7-19(15)20/h1-7,14,17,20H,8-13H2. The number of anilines is 1. The molecule has 0 spiro atoms. The third-order valence-electron chi connectivity index (χ3n) is 6.01. The lowest BCUT2D eigenvalue weighted by molar-refractivity contribution is -0.121. The molecule has 1 atom stereocenters. The van der Waals surface area contributed by atoms with Gasteiger partial charge in [0.05, 0.1) is 11.7 Å². The van der Waals surface area contributed by atoms with Crippen LogP contribution in [-0.4, -0.2) is 28.7 Å². The fourth-order valence-corrected chi connectivity index (χ4v) is 4.53. The van der Waals surface area contributed by atoms with Crippen molar-refractivity contribution in [2.75, 3.05) is 4.90 Å². The smallest absolute Gasteiger partial charge is 0.254 e. The third kappa shape index (κ3) is 2.82. The summed E-state index contributed by atoms with van der Waals surface area (Å²) in [5.41, 5.74) is 3.62. The largest absolute Gasteiger partial charge is 0.329 e. The van der Waals surface area contributed by atoms with E-state index < -0.39 is 0 Å². The Morgan fingerprint density at radius 3 is 2.39 bits per heavy atom. The quantitative estimate of drug-likeness (QED) is 0.768. The molecule has 3 amide bonds. The van der Waals surface area contributed by atoms with Crippen LogP contribution in [0.1, 0.15) is 59.6 Å². The van der Waals surface area contributed by atoms with E-state index in [0.29, 0.717) is 11.3 Å². The summed E-state index contributed by atoms with van der Waals surface area (Å²) >= 11 is 0. The topological polar surface area (TPSA) is 57.7 Å². The second-order valence-corrected chi connectivity index (χ2v) is 7.87. The zero-order valence-corrected chi connectivity index (χ0v) is 15.6. The molecule has 1 aliphatic heterocycles. The number of rotatable bonds is 4. The van der Waals surface area contributed by atoms with E-state index in [1.54, 1.807) is 24.3 Å². The molecular formula is C23H22N2O3. The first-order valence-electron chi connectivity index (χ1n) is 10.00. The van der Waals surface area contributed by atoms with Gasteiger partial charge in [0.25, 0.3) is 5.91 Å². The molecule has 28 heavy (non-hydrogen) atoms. The molecule has 0 N–H and O–H groups in total. The zero-order valence-electron chi connectivity index (χ0n) is 15.6. The molecule has 2 fully saturated rings. The fourth-order valence-electron chi connectivity index (χ4n) is 4.53. The molecule has 1 saturated heterocycles. The van der Waals surface area contributed by atoms with E-state index in [9.17, 15) is 14.4 Å². The number of aryl methyl sites for hydroxylation is 1. The Hall–Kier alpha value is -2.95. The predicted molar refractivity (Wildman–Crippen MR) is 105 cm³/mol. The van der Waals surface area contributed by atoms with Crippen LogP contribution < -0.4 is 4.90 Å². The van der Waals surface area contributed by atoms with Gasteiger partial charge in [-0.25, -0.2) is 0 Å². The van der Waals surface area contributed by atoms with E-state index in [-0.39, 0.29) is 42.6 Å². The Morgan fingerprint density at radius 1 is 0.893 bits per heavy atom. The molecule has 142 valence electrons. The van der Waals surface area contributed by atoms with Crippen molar-refractivity contribution in [2.45, 2.75) is 50.6 Å². The molecule has 1 saturated carbocycles. The number of carbonyl (C=O) groups is 3. The van der Waals surface area contributed by atoms with Gasteiger partial charge in [-0.3, -0.25) is 19.3 Å². The average Bonchev–Trinajstić information content (AvgIpc) is 3.37. The summed E-state index contributed by atoms with van der Waals surface area (Å²) < 4.78 is 0. The van der Waals surface area contributed by atoms with Gasteiger partial charge in [0.1, 0.15) is 0 Å². The van der Waals surface area contributed by atoms with Crippen LogP contribution >= 0.6 is 0 Å². The van der Waals surface area contributed by atoms with Gasteiger partial charge in [0.2, 0.25) is 11.8 Å². The first kappa shape index (κ1) is 17.2. The Kier molecular flexibility index (Phi) is 4.04. The van der Waals surface area contributed by atoms with Crippen molar-refractivity contribution in [1.82, 2.24) is 4.90 Å². The van der Waals surface area contributed by atoms with E-state index in [4.69, 9.17) is 0 Å². The predicted octanol–water partition coefficient (Wildman–Crippen LogP) is 3.63. The van der Waals surface area contributed by atoms with Crippen molar-refractivity contribution in [1.29, 1.82) is 0 Å². The van der Waals surface area contributed by atoms with E-state index in [1.807, 2.05) is 11.0 Å². The highest BCUT2D eigenvalue weighted by atomic mass is 16.2. The lowest BCUT2D eigenvalue weighted by atomic mass is 10.0. The number of hydrogen-bond donors (Lipinski definition) is 0. The van der Waals surface area contributed by atoms with E-state index in [1.165, 1.54) is 16.0 Å². The second-order valence-electron chi connectivity index (χ2n) is 7.87. The number of carbonyl (C=O) groups excluding carboxylic acids is 3. The van der Waals surface area contributed by atoms with Crippen LogP contribution in [-0.2, 0) is 16.0 Å². The van der Waals surface area contributed by atoms with Gasteiger partial charge in [-0.1, -0.05) is 30.3 Å². The summed E-state index contributed by atoms with van der Waals surface area (Å²) in [5.74, 6) is -0.401. The number of benzene rings is 2. The molecule has 2 aromatic rings. The van der Waals surface area contributed by atoms with Crippen molar-refractivity contribution >= 4 is 23.4 Å². The monoisotopic (exact) mass is 374 g/mol. The highest BCUT2D eigenvalue weighted by Gasteiger charge is 2.41. The number of amides is 3. The van der Waals surface area contributed by atoms with Crippen molar-refractivity contribution in [3.8, 4) is 0 Å². The number of hydrogen-bond acceptors (Lipinski definition) is 3. The minimum Gasteiger partial charge on any atom is -0.329 e. The van der Waals surface area contributed by atoms with Crippen LogP contribution in [0.5, 0.6) is 0 Å². The van der Waals surface area contributed by atoms with Gasteiger partial charge >= 0.3 is 0 Å². The molecule has 0 aromatic heterocycles. The first-order valence-corrected chi connectivity index (χ1v) is 10.00. The maximum absolute atomic E-state index is 13.5. The van der Waals surface area contributed by atoms with Crippen molar-refractivity contribution in [3.05, 3.63) is 65.2 Å². The lowest BCUT2D eigenvalue weighted by Crippen LogP contribution is -2.36. The SMILES string of the molecule is O=C1CCC(=O)N1c1cccc(C(=O)N(C2CC2)C2CCc3ccccc32)c1. The van der Waals surface area contributed by atoms with Gasteiger partial charge in [-0.2, -0.15) is 0 Å². The van der Waals surface area contributed by atoms with Crippen molar-refractivity contribution in [2.24, 2.45) is 0 Å². The molecule has 5 rings (SSSR count). The van der Waals surface area contributed by atoms with Crippen LogP contribution in [0.3, 0.4) is 0 Å². The summed E-state index contributed by atoms with van der Waals surface area (Å²) in [6.45, 7) is 0. The van der Waals surface area contributed by atoms with Gasteiger partial charge in [0, 0.05) is 24.4 Å². The molecule has 5 heteroatoms. The number of imide groups is 1. The van der Waals surface area contributed by atoms with Gasteiger partial charge < -0.3 is 4.90 Å². The normalized spacial score (nSPS) is 21.1. The Bertz CT molecular complexity index is 963. The molecule has 5 nitrogen and oxygen atoms in total. The third-order valence-corrected chi connectivity index (χ3v) is 6.01.